The van der Waals surface area contributed by atoms with Crippen LogP contribution in [0.25, 0.3) is 17.4 Å². The molecule has 2 N–H and O–H groups in total. The predicted molar refractivity (Wildman–Crippen MR) is 146 cm³/mol. The number of furan rings is 1. The number of aromatic carboxylic acids is 2. The highest BCUT2D eigenvalue weighted by atomic mass is 32.2. The molecule has 0 aliphatic carbocycles. The number of carbonyl (C=O) groups excluding carboxylic acids is 3. The van der Waals surface area contributed by atoms with Crippen molar-refractivity contribution in [1.82, 2.24) is 9.80 Å². The highest BCUT2D eigenvalue weighted by Crippen LogP contribution is 2.34. The number of rotatable bonds is 7. The van der Waals surface area contributed by atoms with Crippen molar-refractivity contribution < 1.29 is 38.6 Å². The van der Waals surface area contributed by atoms with E-state index in [4.69, 9.17) is 4.42 Å². The van der Waals surface area contributed by atoms with Crippen LogP contribution in [-0.4, -0.2) is 81.7 Å². The minimum atomic E-state index is -1.29. The van der Waals surface area contributed by atoms with Crippen molar-refractivity contribution in [3.8, 4) is 11.3 Å². The molecule has 2 saturated heterocycles. The second kappa shape index (κ2) is 11.1. The maximum atomic E-state index is 13.0. The zero-order valence-corrected chi connectivity index (χ0v) is 21.8. The third-order valence-electron chi connectivity index (χ3n) is 6.53. The number of anilines is 1. The van der Waals surface area contributed by atoms with Crippen molar-refractivity contribution in [2.75, 3.05) is 37.6 Å². The summed E-state index contributed by atoms with van der Waals surface area (Å²) in [5.74, 6) is -3.15. The van der Waals surface area contributed by atoms with E-state index in [0.29, 0.717) is 37.9 Å². The Kier molecular flexibility index (Phi) is 7.43. The number of thioether (sulfide) groups is 1. The third kappa shape index (κ3) is 5.61. The lowest BCUT2D eigenvalue weighted by atomic mass is 10.0. The summed E-state index contributed by atoms with van der Waals surface area (Å²) in [4.78, 5) is 66.0. The number of benzene rings is 2. The number of imide groups is 1. The Morgan fingerprint density at radius 3 is 2.15 bits per heavy atom. The summed E-state index contributed by atoms with van der Waals surface area (Å²) in [6, 6.07) is 16.5. The third-order valence-corrected chi connectivity index (χ3v) is 7.44. The molecule has 2 aromatic carbocycles. The lowest BCUT2D eigenvalue weighted by Gasteiger charge is -2.36. The van der Waals surface area contributed by atoms with Crippen molar-refractivity contribution in [2.45, 2.75) is 0 Å². The zero-order chi connectivity index (χ0) is 28.4. The van der Waals surface area contributed by atoms with Gasteiger partial charge in [0.05, 0.1) is 16.0 Å². The maximum absolute atomic E-state index is 13.0. The zero-order valence-electron chi connectivity index (χ0n) is 21.0. The van der Waals surface area contributed by atoms with Crippen LogP contribution >= 0.6 is 11.8 Å². The fourth-order valence-electron chi connectivity index (χ4n) is 4.46. The van der Waals surface area contributed by atoms with E-state index in [2.05, 4.69) is 4.90 Å². The predicted octanol–water partition coefficient (Wildman–Crippen LogP) is 3.73. The smallest absolute Gasteiger partial charge is 0.335 e. The minimum Gasteiger partial charge on any atom is -0.478 e. The van der Waals surface area contributed by atoms with Crippen LogP contribution in [0.2, 0.25) is 0 Å². The van der Waals surface area contributed by atoms with Gasteiger partial charge in [0.1, 0.15) is 18.1 Å². The normalized spacial score (nSPS) is 16.6. The molecule has 2 aliphatic heterocycles. The van der Waals surface area contributed by atoms with Gasteiger partial charge in [-0.3, -0.25) is 19.3 Å². The SMILES string of the molecule is O=C(O)c1cc(C(=O)O)cc(-c2ccc(/C=C3/SC(=O)N(CC(=O)N4CCN(c5ccccc5)CC4)C3=O)o2)c1. The molecule has 0 atom stereocenters. The Morgan fingerprint density at radius 1 is 0.875 bits per heavy atom. The van der Waals surface area contributed by atoms with Gasteiger partial charge in [-0.1, -0.05) is 18.2 Å². The first-order chi connectivity index (χ1) is 19.2. The molecule has 0 saturated carbocycles. The van der Waals surface area contributed by atoms with Crippen molar-refractivity contribution in [2.24, 2.45) is 0 Å². The Bertz CT molecular complexity index is 1510. The minimum absolute atomic E-state index is 0.0677. The van der Waals surface area contributed by atoms with E-state index in [1.54, 1.807) is 4.90 Å². The van der Waals surface area contributed by atoms with Gasteiger partial charge in [-0.25, -0.2) is 9.59 Å². The molecule has 3 heterocycles. The Morgan fingerprint density at radius 2 is 1.52 bits per heavy atom. The average Bonchev–Trinajstić information content (AvgIpc) is 3.53. The first kappa shape index (κ1) is 26.8. The van der Waals surface area contributed by atoms with Gasteiger partial charge in [-0.05, 0) is 54.2 Å². The topological polar surface area (TPSA) is 149 Å². The van der Waals surface area contributed by atoms with Crippen molar-refractivity contribution in [1.29, 1.82) is 0 Å². The molecule has 3 aromatic rings. The van der Waals surface area contributed by atoms with E-state index in [-0.39, 0.29) is 45.6 Å². The summed E-state index contributed by atoms with van der Waals surface area (Å²) < 4.78 is 5.71. The summed E-state index contributed by atoms with van der Waals surface area (Å²) in [5, 5.41) is 18.0. The molecule has 11 nitrogen and oxygen atoms in total. The van der Waals surface area contributed by atoms with Gasteiger partial charge in [0.2, 0.25) is 5.91 Å². The molecule has 12 heteroatoms. The van der Waals surface area contributed by atoms with Crippen molar-refractivity contribution in [3.63, 3.8) is 0 Å². The van der Waals surface area contributed by atoms with Gasteiger partial charge in [0.15, 0.2) is 0 Å². The van der Waals surface area contributed by atoms with E-state index < -0.39 is 23.1 Å². The van der Waals surface area contributed by atoms with Crippen LogP contribution in [0.4, 0.5) is 10.5 Å². The van der Waals surface area contributed by atoms with E-state index in [1.807, 2.05) is 30.3 Å². The largest absolute Gasteiger partial charge is 0.478 e. The summed E-state index contributed by atoms with van der Waals surface area (Å²) in [6.07, 6.45) is 1.36. The van der Waals surface area contributed by atoms with Crippen LogP contribution in [0.3, 0.4) is 0 Å². The van der Waals surface area contributed by atoms with Gasteiger partial charge in [0.25, 0.3) is 11.1 Å². The van der Waals surface area contributed by atoms with Crippen LogP contribution < -0.4 is 4.90 Å². The number of piperazine rings is 1. The number of carbonyl (C=O) groups is 5. The van der Waals surface area contributed by atoms with E-state index in [1.165, 1.54) is 30.3 Å². The van der Waals surface area contributed by atoms with Gasteiger partial charge >= 0.3 is 11.9 Å². The number of nitrogens with zero attached hydrogens (tertiary/aromatic N) is 3. The molecule has 3 amide bonds. The molecule has 0 bridgehead atoms. The quantitative estimate of drug-likeness (QED) is 0.409. The molecule has 40 heavy (non-hydrogen) atoms. The molecule has 2 fully saturated rings. The lowest BCUT2D eigenvalue weighted by molar-refractivity contribution is -0.136. The number of carboxylic acid groups (broad SMARTS) is 2. The highest BCUT2D eigenvalue weighted by molar-refractivity contribution is 8.18. The summed E-state index contributed by atoms with van der Waals surface area (Å²) in [7, 11) is 0. The molecule has 1 aromatic heterocycles. The van der Waals surface area contributed by atoms with Gasteiger partial charge in [-0.15, -0.1) is 0 Å². The summed E-state index contributed by atoms with van der Waals surface area (Å²) in [5.41, 5.74) is 0.854. The van der Waals surface area contributed by atoms with Crippen molar-refractivity contribution >= 4 is 52.5 Å². The monoisotopic (exact) mass is 561 g/mol. The molecular formula is C28H23N3O8S. The van der Waals surface area contributed by atoms with E-state index >= 15 is 0 Å². The molecule has 204 valence electrons. The van der Waals surface area contributed by atoms with E-state index in [9.17, 15) is 34.2 Å². The number of hydrogen-bond acceptors (Lipinski definition) is 8. The molecule has 2 aliphatic rings. The van der Waals surface area contributed by atoms with Gasteiger partial charge < -0.3 is 24.4 Å². The fourth-order valence-corrected chi connectivity index (χ4v) is 5.27. The molecule has 0 unspecified atom stereocenters. The number of para-hydroxylation sites is 1. The fraction of sp³-hybridized carbons (Fsp3) is 0.179. The second-order valence-corrected chi connectivity index (χ2v) is 10.1. The van der Waals surface area contributed by atoms with Crippen LogP contribution in [-0.2, 0) is 9.59 Å². The van der Waals surface area contributed by atoms with Crippen LogP contribution in [0.1, 0.15) is 26.5 Å². The molecule has 0 radical (unpaired) electrons. The average molecular weight is 562 g/mol. The Hall–Kier alpha value is -4.84. The first-order valence-electron chi connectivity index (χ1n) is 12.2. The second-order valence-electron chi connectivity index (χ2n) is 9.08. The highest BCUT2D eigenvalue weighted by Gasteiger charge is 2.37. The van der Waals surface area contributed by atoms with Crippen molar-refractivity contribution in [3.05, 3.63) is 82.5 Å². The van der Waals surface area contributed by atoms with Gasteiger partial charge in [-0.2, -0.15) is 0 Å². The van der Waals surface area contributed by atoms with E-state index in [0.717, 1.165) is 16.7 Å². The number of amides is 3. The maximum Gasteiger partial charge on any atom is 0.335 e. The molecule has 0 spiro atoms. The Labute approximate surface area is 232 Å². The lowest BCUT2D eigenvalue weighted by Crippen LogP contribution is -2.51. The number of hydrogen-bond donors (Lipinski definition) is 2. The summed E-state index contributed by atoms with van der Waals surface area (Å²) >= 11 is 0.685. The Balaban J connectivity index is 1.25. The summed E-state index contributed by atoms with van der Waals surface area (Å²) in [6.45, 7) is 1.86. The first-order valence-corrected chi connectivity index (χ1v) is 13.1. The standard InChI is InChI=1S/C28H23N3O8S/c32-24(30-10-8-29(9-11-30)20-4-2-1-3-5-20)16-31-25(33)23(40-28(31)38)15-21-6-7-22(39-21)17-12-18(26(34)35)14-19(13-17)27(36)37/h1-7,12-15H,8-11,16H2,(H,34,35)(H,36,37)/b23-15+. The van der Waals surface area contributed by atoms with Crippen LogP contribution in [0.15, 0.2) is 70.0 Å². The number of carboxylic acids is 2. The van der Waals surface area contributed by atoms with Crippen LogP contribution in [0.5, 0.6) is 0 Å². The van der Waals surface area contributed by atoms with Gasteiger partial charge in [0, 0.05) is 43.5 Å². The molecular weight excluding hydrogens is 538 g/mol. The molecule has 5 rings (SSSR count). The van der Waals surface area contributed by atoms with Crippen LogP contribution in [0, 0.1) is 0 Å².